The molecule has 0 bridgehead atoms. The lowest BCUT2D eigenvalue weighted by Crippen LogP contribution is -2.23. The van der Waals surface area contributed by atoms with Crippen LogP contribution >= 0.6 is 11.6 Å². The first-order valence-corrected chi connectivity index (χ1v) is 11.2. The summed E-state index contributed by atoms with van der Waals surface area (Å²) >= 11 is 6.66. The zero-order valence-corrected chi connectivity index (χ0v) is 19.7. The summed E-state index contributed by atoms with van der Waals surface area (Å²) in [5, 5.41) is 12.5. The van der Waals surface area contributed by atoms with Gasteiger partial charge in [-0.25, -0.2) is 9.67 Å². The first-order chi connectivity index (χ1) is 16.4. The van der Waals surface area contributed by atoms with Crippen LogP contribution in [-0.4, -0.2) is 25.8 Å². The molecule has 0 saturated carbocycles. The van der Waals surface area contributed by atoms with Crippen molar-refractivity contribution in [1.82, 2.24) is 25.2 Å². The van der Waals surface area contributed by atoms with E-state index in [1.807, 2.05) is 75.4 Å². The van der Waals surface area contributed by atoms with E-state index in [9.17, 15) is 4.79 Å². The van der Waals surface area contributed by atoms with Gasteiger partial charge in [-0.05, 0) is 44.0 Å². The number of nitrogens with one attached hydrogen (secondary N) is 1. The highest BCUT2D eigenvalue weighted by Crippen LogP contribution is 2.30. The molecule has 3 heterocycles. The van der Waals surface area contributed by atoms with Gasteiger partial charge in [-0.15, -0.1) is 0 Å². The van der Waals surface area contributed by atoms with Gasteiger partial charge < -0.3 is 9.84 Å². The lowest BCUT2D eigenvalue weighted by molar-refractivity contribution is 0.0951. The lowest BCUT2D eigenvalue weighted by Gasteiger charge is -2.09. The number of hydrogen-bond donors (Lipinski definition) is 1. The Balaban J connectivity index is 1.36. The number of aromatic nitrogens is 4. The van der Waals surface area contributed by atoms with Crippen LogP contribution in [0.1, 0.15) is 33.1 Å². The maximum absolute atomic E-state index is 12.9. The highest BCUT2D eigenvalue weighted by Gasteiger charge is 2.20. The summed E-state index contributed by atoms with van der Waals surface area (Å²) in [4.78, 5) is 17.4. The largest absolute Gasteiger partial charge is 0.361 e. The van der Waals surface area contributed by atoms with Crippen LogP contribution in [0, 0.1) is 20.8 Å². The molecule has 5 rings (SSSR count). The molecule has 2 aromatic carbocycles. The summed E-state index contributed by atoms with van der Waals surface area (Å²) in [5.41, 5.74) is 6.34. The summed E-state index contributed by atoms with van der Waals surface area (Å²) in [6, 6.07) is 17.6. The minimum atomic E-state index is -0.291. The smallest absolute Gasteiger partial charge is 0.254 e. The molecule has 0 atom stereocenters. The number of rotatable bonds is 5. The zero-order valence-electron chi connectivity index (χ0n) is 19.0. The molecule has 0 aliphatic carbocycles. The van der Waals surface area contributed by atoms with E-state index in [4.69, 9.17) is 16.1 Å². The molecule has 0 radical (unpaired) electrons. The predicted octanol–water partition coefficient (Wildman–Crippen LogP) is 5.58. The number of pyridine rings is 1. The van der Waals surface area contributed by atoms with Crippen LogP contribution in [0.3, 0.4) is 0 Å². The van der Waals surface area contributed by atoms with Crippen molar-refractivity contribution in [3.05, 3.63) is 94.1 Å². The number of hydrogen-bond acceptors (Lipinski definition) is 5. The number of benzene rings is 2. The molecule has 1 amide bonds. The summed E-state index contributed by atoms with van der Waals surface area (Å²) < 4.78 is 6.99. The van der Waals surface area contributed by atoms with Crippen molar-refractivity contribution in [3.63, 3.8) is 0 Å². The van der Waals surface area contributed by atoms with E-state index in [1.165, 1.54) is 6.20 Å². The molecule has 0 fully saturated rings. The summed E-state index contributed by atoms with van der Waals surface area (Å²) in [5.74, 6) is 0.489. The number of carbonyl (C=O) groups excluding carboxylic acids is 1. The van der Waals surface area contributed by atoms with Crippen molar-refractivity contribution in [3.8, 4) is 16.8 Å². The number of carbonyl (C=O) groups is 1. The lowest BCUT2D eigenvalue weighted by atomic mass is 10.0. The molecule has 7 nitrogen and oxygen atoms in total. The van der Waals surface area contributed by atoms with Crippen LogP contribution in [0.5, 0.6) is 0 Å². The van der Waals surface area contributed by atoms with Crippen molar-refractivity contribution in [1.29, 1.82) is 0 Å². The Hall–Kier alpha value is -3.97. The van der Waals surface area contributed by atoms with Crippen molar-refractivity contribution >= 4 is 28.5 Å². The maximum atomic E-state index is 12.9. The van der Waals surface area contributed by atoms with Gasteiger partial charge in [0.15, 0.2) is 5.65 Å². The zero-order chi connectivity index (χ0) is 23.8. The van der Waals surface area contributed by atoms with Gasteiger partial charge in [-0.1, -0.05) is 59.2 Å². The third-order valence-electron chi connectivity index (χ3n) is 5.78. The van der Waals surface area contributed by atoms with E-state index in [1.54, 1.807) is 4.68 Å². The Kier molecular flexibility index (Phi) is 5.63. The van der Waals surface area contributed by atoms with Gasteiger partial charge in [0.05, 0.1) is 33.0 Å². The normalized spacial score (nSPS) is 11.2. The van der Waals surface area contributed by atoms with Gasteiger partial charge in [0, 0.05) is 18.3 Å². The first-order valence-electron chi connectivity index (χ1n) is 10.8. The molecule has 3 aromatic heterocycles. The molecule has 1 N–H and O–H groups in total. The fourth-order valence-corrected chi connectivity index (χ4v) is 4.43. The summed E-state index contributed by atoms with van der Waals surface area (Å²) in [6.07, 6.45) is 1.50. The van der Waals surface area contributed by atoms with Crippen LogP contribution in [-0.2, 0) is 6.54 Å². The van der Waals surface area contributed by atoms with Crippen molar-refractivity contribution in [2.75, 3.05) is 0 Å². The third-order valence-corrected chi connectivity index (χ3v) is 6.17. The molecule has 0 unspecified atom stereocenters. The standard InChI is InChI=1S/C26H22ClN5O2/c1-15-23-24(27)21(14-28-25(23)32(30-15)20-7-5-4-6-8-20)26(33)29-13-18-9-11-19(12-10-18)22-16(2)31-34-17(22)3/h4-12,14H,13H2,1-3H3,(H,29,33). The second kappa shape index (κ2) is 8.76. The third kappa shape index (κ3) is 3.84. The topological polar surface area (TPSA) is 85.8 Å². The Morgan fingerprint density at radius 2 is 1.76 bits per heavy atom. The molecule has 8 heteroatoms. The fourth-order valence-electron chi connectivity index (χ4n) is 4.08. The molecule has 0 aliphatic rings. The first kappa shape index (κ1) is 21.9. The molecule has 5 aromatic rings. The average Bonchev–Trinajstić information content (AvgIpc) is 3.37. The van der Waals surface area contributed by atoms with E-state index in [0.29, 0.717) is 33.9 Å². The Labute approximate surface area is 201 Å². The molecular formula is C26H22ClN5O2. The maximum Gasteiger partial charge on any atom is 0.254 e. The van der Waals surface area contributed by atoms with Gasteiger partial charge in [0.2, 0.25) is 0 Å². The molecule has 170 valence electrons. The van der Waals surface area contributed by atoms with E-state index in [2.05, 4.69) is 20.6 Å². The van der Waals surface area contributed by atoms with Gasteiger partial charge in [-0.3, -0.25) is 4.79 Å². The Morgan fingerprint density at radius 1 is 1.03 bits per heavy atom. The second-order valence-corrected chi connectivity index (χ2v) is 8.47. The molecule has 0 aliphatic heterocycles. The van der Waals surface area contributed by atoms with Crippen LogP contribution < -0.4 is 5.32 Å². The van der Waals surface area contributed by atoms with Crippen molar-refractivity contribution in [2.45, 2.75) is 27.3 Å². The number of para-hydroxylation sites is 1. The van der Waals surface area contributed by atoms with Crippen molar-refractivity contribution < 1.29 is 9.32 Å². The highest BCUT2D eigenvalue weighted by molar-refractivity contribution is 6.38. The summed E-state index contributed by atoms with van der Waals surface area (Å²) in [6.45, 7) is 6.03. The van der Waals surface area contributed by atoms with Crippen molar-refractivity contribution in [2.24, 2.45) is 0 Å². The molecule has 0 saturated heterocycles. The highest BCUT2D eigenvalue weighted by atomic mass is 35.5. The molecule has 34 heavy (non-hydrogen) atoms. The van der Waals surface area contributed by atoms with E-state index >= 15 is 0 Å². The minimum absolute atomic E-state index is 0.291. The van der Waals surface area contributed by atoms with E-state index in [0.717, 1.165) is 33.8 Å². The minimum Gasteiger partial charge on any atom is -0.361 e. The summed E-state index contributed by atoms with van der Waals surface area (Å²) in [7, 11) is 0. The van der Waals surface area contributed by atoms with Gasteiger partial charge in [0.25, 0.3) is 5.91 Å². The van der Waals surface area contributed by atoms with Crippen LogP contribution in [0.25, 0.3) is 27.8 Å². The Morgan fingerprint density at radius 3 is 2.44 bits per heavy atom. The number of nitrogens with zero attached hydrogens (tertiary/aromatic N) is 4. The van der Waals surface area contributed by atoms with E-state index < -0.39 is 0 Å². The molecular weight excluding hydrogens is 450 g/mol. The van der Waals surface area contributed by atoms with E-state index in [-0.39, 0.29) is 5.91 Å². The monoisotopic (exact) mass is 471 g/mol. The van der Waals surface area contributed by atoms with Crippen LogP contribution in [0.4, 0.5) is 0 Å². The van der Waals surface area contributed by atoms with Gasteiger partial charge >= 0.3 is 0 Å². The van der Waals surface area contributed by atoms with Gasteiger partial charge in [-0.2, -0.15) is 5.10 Å². The number of fused-ring (bicyclic) bond motifs is 1. The number of halogens is 1. The number of amides is 1. The van der Waals surface area contributed by atoms with Gasteiger partial charge in [0.1, 0.15) is 5.76 Å². The average molecular weight is 472 g/mol. The quantitative estimate of drug-likeness (QED) is 0.361. The SMILES string of the molecule is Cc1noc(C)c1-c1ccc(CNC(=O)c2cnc3c(c(C)nn3-c3ccccc3)c2Cl)cc1. The number of aryl methyl sites for hydroxylation is 3. The molecule has 0 spiro atoms. The van der Waals surface area contributed by atoms with Crippen LogP contribution in [0.15, 0.2) is 65.3 Å². The second-order valence-electron chi connectivity index (χ2n) is 8.10. The van der Waals surface area contributed by atoms with Crippen LogP contribution in [0.2, 0.25) is 5.02 Å². The Bertz CT molecular complexity index is 1480. The fraction of sp³-hybridized carbons (Fsp3) is 0.154. The predicted molar refractivity (Wildman–Crippen MR) is 131 cm³/mol.